The van der Waals surface area contributed by atoms with Crippen molar-refractivity contribution in [3.05, 3.63) is 72.9 Å². The van der Waals surface area contributed by atoms with Crippen molar-refractivity contribution in [2.24, 2.45) is 0 Å². The zero-order valence-corrected chi connectivity index (χ0v) is 55.0. The first-order valence-electron chi connectivity index (χ1n) is 36.5. The number of hydrogen-bond donors (Lipinski definition) is 1. The molecule has 0 bridgehead atoms. The topological polar surface area (TPSA) is 72.8 Å². The quantitative estimate of drug-likeness (QED) is 0.0373. The van der Waals surface area contributed by atoms with Gasteiger partial charge in [-0.25, -0.2) is 0 Å². The van der Waals surface area contributed by atoms with Crippen molar-refractivity contribution < 1.29 is 24.2 Å². The van der Waals surface area contributed by atoms with E-state index in [1.807, 2.05) is 0 Å². The predicted octanol–water partition coefficient (Wildman–Crippen LogP) is 25.4. The Hall–Kier alpha value is -2.66. The molecule has 0 heterocycles. The Morgan fingerprint density at radius 1 is 0.293 bits per heavy atom. The summed E-state index contributed by atoms with van der Waals surface area (Å²) in [5.74, 6) is -0.570. The average molecular weight is 1150 g/mol. The van der Waals surface area contributed by atoms with Gasteiger partial charge in [-0.1, -0.05) is 363 Å². The van der Waals surface area contributed by atoms with Gasteiger partial charge in [-0.2, -0.15) is 0 Å². The van der Waals surface area contributed by atoms with Gasteiger partial charge in [-0.05, 0) is 83.5 Å². The van der Waals surface area contributed by atoms with Crippen molar-refractivity contribution in [3.8, 4) is 0 Å². The maximum atomic E-state index is 12.4. The van der Waals surface area contributed by atoms with Crippen molar-refractivity contribution >= 4 is 11.9 Å². The lowest BCUT2D eigenvalue weighted by atomic mass is 10.0. The molecular weight excluding hydrogens is 1000 g/mol. The van der Waals surface area contributed by atoms with Crippen LogP contribution in [0.15, 0.2) is 72.9 Å². The van der Waals surface area contributed by atoms with Gasteiger partial charge in [0.1, 0.15) is 6.61 Å². The van der Waals surface area contributed by atoms with E-state index in [1.54, 1.807) is 0 Å². The van der Waals surface area contributed by atoms with Crippen LogP contribution in [0.1, 0.15) is 386 Å². The number of aliphatic hydroxyl groups excluding tert-OH is 1. The van der Waals surface area contributed by atoms with Crippen molar-refractivity contribution in [2.45, 2.75) is 392 Å². The molecule has 0 aliphatic rings. The summed E-state index contributed by atoms with van der Waals surface area (Å²) in [7, 11) is 0. The number of carbonyl (C=O) groups excluding carboxylic acids is 2. The summed E-state index contributed by atoms with van der Waals surface area (Å²) < 4.78 is 10.8. The lowest BCUT2D eigenvalue weighted by Gasteiger charge is -2.15. The maximum absolute atomic E-state index is 12.4. The molecule has 0 amide bonds. The lowest BCUT2D eigenvalue weighted by molar-refractivity contribution is -0.161. The molecule has 0 saturated heterocycles. The molecule has 0 rings (SSSR count). The zero-order valence-electron chi connectivity index (χ0n) is 55.0. The number of unbranched alkanes of at least 4 members (excludes halogenated alkanes) is 48. The molecule has 0 spiro atoms. The minimum Gasteiger partial charge on any atom is -0.462 e. The molecule has 1 atom stereocenters. The molecule has 0 fully saturated rings. The predicted molar refractivity (Wildman–Crippen MR) is 362 cm³/mol. The molecule has 1 N–H and O–H groups in total. The Balaban J connectivity index is 3.39. The molecule has 82 heavy (non-hydrogen) atoms. The zero-order chi connectivity index (χ0) is 59.1. The van der Waals surface area contributed by atoms with E-state index in [4.69, 9.17) is 9.47 Å². The van der Waals surface area contributed by atoms with Crippen molar-refractivity contribution in [2.75, 3.05) is 13.2 Å². The molecule has 0 radical (unpaired) electrons. The van der Waals surface area contributed by atoms with E-state index in [1.165, 1.54) is 289 Å². The summed E-state index contributed by atoms with van der Waals surface area (Å²) in [6.07, 6.45) is 101. The fourth-order valence-corrected chi connectivity index (χ4v) is 11.1. The highest BCUT2D eigenvalue weighted by molar-refractivity contribution is 5.70. The van der Waals surface area contributed by atoms with E-state index < -0.39 is 6.10 Å². The molecule has 0 aliphatic carbocycles. The van der Waals surface area contributed by atoms with Crippen LogP contribution >= 0.6 is 0 Å². The van der Waals surface area contributed by atoms with Crippen LogP contribution in [0.4, 0.5) is 0 Å². The smallest absolute Gasteiger partial charge is 0.306 e. The second kappa shape index (κ2) is 72.6. The van der Waals surface area contributed by atoms with Crippen LogP contribution in [0.2, 0.25) is 0 Å². The summed E-state index contributed by atoms with van der Waals surface area (Å²) in [6.45, 7) is 4.07. The van der Waals surface area contributed by atoms with Crippen molar-refractivity contribution in [3.63, 3.8) is 0 Å². The van der Waals surface area contributed by atoms with E-state index in [-0.39, 0.29) is 25.2 Å². The van der Waals surface area contributed by atoms with Crippen LogP contribution in [-0.2, 0) is 19.1 Å². The van der Waals surface area contributed by atoms with Gasteiger partial charge in [0.15, 0.2) is 6.10 Å². The van der Waals surface area contributed by atoms with Gasteiger partial charge in [0.2, 0.25) is 0 Å². The first-order valence-corrected chi connectivity index (χ1v) is 36.5. The Kier molecular flexibility index (Phi) is 70.2. The fraction of sp³-hybridized carbons (Fsp3) is 0.818. The van der Waals surface area contributed by atoms with Gasteiger partial charge in [0.05, 0.1) is 6.61 Å². The van der Waals surface area contributed by atoms with E-state index in [9.17, 15) is 14.7 Å². The van der Waals surface area contributed by atoms with E-state index in [0.717, 1.165) is 70.6 Å². The highest BCUT2D eigenvalue weighted by Crippen LogP contribution is 2.19. The van der Waals surface area contributed by atoms with E-state index in [2.05, 4.69) is 86.8 Å². The Morgan fingerprint density at radius 3 is 0.793 bits per heavy atom. The summed E-state index contributed by atoms with van der Waals surface area (Å²) >= 11 is 0. The van der Waals surface area contributed by atoms with Crippen LogP contribution < -0.4 is 0 Å². The number of hydrogen-bond acceptors (Lipinski definition) is 5. The Labute approximate surface area is 512 Å². The minimum atomic E-state index is -0.773. The van der Waals surface area contributed by atoms with Gasteiger partial charge < -0.3 is 14.6 Å². The molecule has 5 heteroatoms. The average Bonchev–Trinajstić information content (AvgIpc) is 3.49. The normalized spacial score (nSPS) is 12.6. The lowest BCUT2D eigenvalue weighted by Crippen LogP contribution is -2.28. The standard InChI is InChI=1S/C77H140O5/c1-3-5-7-9-11-13-15-17-19-21-23-25-27-29-31-33-35-36-37-38-39-40-42-43-45-47-49-51-53-55-57-59-61-63-65-67-69-71-76(79)81-74-75(73-78)82-77(80)72-70-68-66-64-62-60-58-56-54-52-50-48-46-44-41-34-32-30-28-26-24-22-20-18-16-14-12-10-8-6-4-2/h6,8,12,14-15,17-18,20-21,23-24,26,75,78H,3-5,7,9-11,13,16,19,22,25,27-74H2,1-2H3/b8-6-,14-12-,17-15-,20-18-,23-21-,26-24-. The number of ether oxygens (including phenoxy) is 2. The minimum absolute atomic E-state index is 0.0616. The first-order chi connectivity index (χ1) is 40.6. The molecule has 478 valence electrons. The third-order valence-corrected chi connectivity index (χ3v) is 16.5. The van der Waals surface area contributed by atoms with E-state index >= 15 is 0 Å². The molecule has 0 aromatic heterocycles. The third-order valence-electron chi connectivity index (χ3n) is 16.5. The molecule has 0 aliphatic heterocycles. The van der Waals surface area contributed by atoms with Gasteiger partial charge in [-0.3, -0.25) is 9.59 Å². The van der Waals surface area contributed by atoms with Crippen LogP contribution in [0.3, 0.4) is 0 Å². The van der Waals surface area contributed by atoms with Gasteiger partial charge in [0, 0.05) is 12.8 Å². The van der Waals surface area contributed by atoms with Crippen molar-refractivity contribution in [1.29, 1.82) is 0 Å². The third kappa shape index (κ3) is 69.8. The summed E-state index contributed by atoms with van der Waals surface area (Å²) in [4.78, 5) is 24.7. The van der Waals surface area contributed by atoms with Crippen LogP contribution in [0.5, 0.6) is 0 Å². The highest BCUT2D eigenvalue weighted by atomic mass is 16.6. The van der Waals surface area contributed by atoms with Gasteiger partial charge in [0.25, 0.3) is 0 Å². The number of esters is 2. The number of allylic oxidation sites excluding steroid dienone is 12. The monoisotopic (exact) mass is 1150 g/mol. The molecule has 1 unspecified atom stereocenters. The summed E-state index contributed by atoms with van der Waals surface area (Å²) in [5.41, 5.74) is 0. The Morgan fingerprint density at radius 2 is 0.524 bits per heavy atom. The van der Waals surface area contributed by atoms with Crippen LogP contribution in [0, 0.1) is 0 Å². The maximum Gasteiger partial charge on any atom is 0.306 e. The van der Waals surface area contributed by atoms with E-state index in [0.29, 0.717) is 12.8 Å². The van der Waals surface area contributed by atoms with Crippen LogP contribution in [-0.4, -0.2) is 36.4 Å². The second-order valence-electron chi connectivity index (χ2n) is 24.6. The summed E-state index contributed by atoms with van der Waals surface area (Å²) in [6, 6.07) is 0. The SMILES string of the molecule is CC/C=C\C/C=C\C/C=C\C/C=C\CCCCCCCCCCCCCCCCCCCCC(=O)OC(CO)COC(=O)CCCCCCCCCCCCCCCCCCCCCCCCCCC/C=C\C/C=C\CCCCCCC. The number of carbonyl (C=O) groups is 2. The van der Waals surface area contributed by atoms with Crippen LogP contribution in [0.25, 0.3) is 0 Å². The number of aliphatic hydroxyl groups is 1. The second-order valence-corrected chi connectivity index (χ2v) is 24.6. The molecule has 0 saturated carbocycles. The Bertz CT molecular complexity index is 1440. The van der Waals surface area contributed by atoms with Crippen molar-refractivity contribution in [1.82, 2.24) is 0 Å². The highest BCUT2D eigenvalue weighted by Gasteiger charge is 2.16. The van der Waals surface area contributed by atoms with Gasteiger partial charge >= 0.3 is 11.9 Å². The first kappa shape index (κ1) is 79.3. The summed E-state index contributed by atoms with van der Waals surface area (Å²) in [5, 5.41) is 9.71. The molecule has 5 nitrogen and oxygen atoms in total. The number of rotatable bonds is 68. The molecule has 0 aromatic carbocycles. The van der Waals surface area contributed by atoms with Gasteiger partial charge in [-0.15, -0.1) is 0 Å². The fourth-order valence-electron chi connectivity index (χ4n) is 11.1. The molecular formula is C77H140O5. The largest absolute Gasteiger partial charge is 0.462 e. The molecule has 0 aromatic rings.